The average Bonchev–Trinajstić information content (AvgIpc) is 2.97. The second-order valence-corrected chi connectivity index (χ2v) is 6.71. The van der Waals surface area contributed by atoms with Crippen LogP contribution in [-0.2, 0) is 6.54 Å². The molecule has 0 bridgehead atoms. The molecule has 1 heterocycles. The van der Waals surface area contributed by atoms with Crippen molar-refractivity contribution < 1.29 is 14.4 Å². The summed E-state index contributed by atoms with van der Waals surface area (Å²) in [5, 5.41) is 2.83. The van der Waals surface area contributed by atoms with Gasteiger partial charge in [0.25, 0.3) is 17.7 Å². The van der Waals surface area contributed by atoms with E-state index in [-0.39, 0.29) is 17.4 Å². The molecule has 3 amide bonds. The molecule has 0 fully saturated rings. The van der Waals surface area contributed by atoms with E-state index in [1.807, 2.05) is 49.4 Å². The number of benzene rings is 3. The molecule has 5 nitrogen and oxygen atoms in total. The molecule has 1 aliphatic rings. The molecule has 3 aromatic carbocycles. The summed E-state index contributed by atoms with van der Waals surface area (Å²) in [6, 6.07) is 21.3. The largest absolute Gasteiger partial charge is 0.348 e. The predicted octanol–water partition coefficient (Wildman–Crippen LogP) is 3.73. The van der Waals surface area contributed by atoms with Gasteiger partial charge in [-0.25, -0.2) is 4.90 Å². The quantitative estimate of drug-likeness (QED) is 0.712. The van der Waals surface area contributed by atoms with Gasteiger partial charge in [0.2, 0.25) is 0 Å². The first kappa shape index (κ1) is 17.7. The molecule has 0 radical (unpaired) electrons. The lowest BCUT2D eigenvalue weighted by Gasteiger charge is -2.13. The van der Waals surface area contributed by atoms with Crippen molar-refractivity contribution in [3.05, 3.63) is 101 Å². The van der Waals surface area contributed by atoms with E-state index in [1.54, 1.807) is 24.3 Å². The Balaban J connectivity index is 1.56. The van der Waals surface area contributed by atoms with Crippen molar-refractivity contribution in [2.24, 2.45) is 0 Å². The minimum absolute atomic E-state index is 0.248. The fourth-order valence-electron chi connectivity index (χ4n) is 3.19. The molecular weight excluding hydrogens is 352 g/mol. The molecule has 0 unspecified atom stereocenters. The van der Waals surface area contributed by atoms with E-state index in [1.165, 1.54) is 6.07 Å². The molecule has 138 valence electrons. The third kappa shape index (κ3) is 3.18. The van der Waals surface area contributed by atoms with E-state index in [0.29, 0.717) is 23.4 Å². The molecule has 4 rings (SSSR count). The highest BCUT2D eigenvalue weighted by Crippen LogP contribution is 2.29. The summed E-state index contributed by atoms with van der Waals surface area (Å²) in [5.74, 6) is -1.08. The average molecular weight is 370 g/mol. The molecule has 1 aliphatic heterocycles. The number of carbonyl (C=O) groups is 3. The number of hydrogen-bond donors (Lipinski definition) is 1. The van der Waals surface area contributed by atoms with Crippen LogP contribution in [0.5, 0.6) is 0 Å². The van der Waals surface area contributed by atoms with Crippen LogP contribution < -0.4 is 10.2 Å². The van der Waals surface area contributed by atoms with Gasteiger partial charge in [-0.1, -0.05) is 48.0 Å². The van der Waals surface area contributed by atoms with Crippen LogP contribution >= 0.6 is 0 Å². The minimum atomic E-state index is -0.415. The second kappa shape index (κ2) is 7.12. The van der Waals surface area contributed by atoms with Crippen molar-refractivity contribution in [2.75, 3.05) is 4.90 Å². The normalized spacial score (nSPS) is 12.8. The maximum atomic E-state index is 12.8. The third-order valence-corrected chi connectivity index (χ3v) is 4.74. The highest BCUT2D eigenvalue weighted by Gasteiger charge is 2.37. The summed E-state index contributed by atoms with van der Waals surface area (Å²) >= 11 is 0. The van der Waals surface area contributed by atoms with E-state index in [4.69, 9.17) is 0 Å². The van der Waals surface area contributed by atoms with Gasteiger partial charge >= 0.3 is 0 Å². The van der Waals surface area contributed by atoms with Gasteiger partial charge in [-0.15, -0.1) is 0 Å². The summed E-state index contributed by atoms with van der Waals surface area (Å²) < 4.78 is 0. The van der Waals surface area contributed by atoms with Crippen molar-refractivity contribution in [2.45, 2.75) is 13.5 Å². The van der Waals surface area contributed by atoms with Crippen molar-refractivity contribution >= 4 is 23.4 Å². The van der Waals surface area contributed by atoms with Crippen LogP contribution in [0.1, 0.15) is 42.2 Å². The van der Waals surface area contributed by atoms with Crippen LogP contribution in [0.4, 0.5) is 5.69 Å². The summed E-state index contributed by atoms with van der Waals surface area (Å²) in [5.41, 5.74) is 3.45. The number of imide groups is 1. The van der Waals surface area contributed by atoms with Crippen LogP contribution in [0.15, 0.2) is 72.8 Å². The number of hydrogen-bond acceptors (Lipinski definition) is 3. The summed E-state index contributed by atoms with van der Waals surface area (Å²) in [6.45, 7) is 2.33. The fourth-order valence-corrected chi connectivity index (χ4v) is 3.19. The smallest absolute Gasteiger partial charge is 0.266 e. The van der Waals surface area contributed by atoms with E-state index in [0.717, 1.165) is 16.0 Å². The van der Waals surface area contributed by atoms with Gasteiger partial charge in [0, 0.05) is 12.1 Å². The molecule has 28 heavy (non-hydrogen) atoms. The number of anilines is 1. The fraction of sp³-hybridized carbons (Fsp3) is 0.0870. The predicted molar refractivity (Wildman–Crippen MR) is 106 cm³/mol. The van der Waals surface area contributed by atoms with Gasteiger partial charge in [0.15, 0.2) is 0 Å². The summed E-state index contributed by atoms with van der Waals surface area (Å²) in [6.07, 6.45) is 0. The Morgan fingerprint density at radius 2 is 1.54 bits per heavy atom. The van der Waals surface area contributed by atoms with Crippen molar-refractivity contribution in [3.8, 4) is 0 Å². The minimum Gasteiger partial charge on any atom is -0.348 e. The van der Waals surface area contributed by atoms with Crippen molar-refractivity contribution in [3.63, 3.8) is 0 Å². The van der Waals surface area contributed by atoms with Gasteiger partial charge in [-0.05, 0) is 42.8 Å². The highest BCUT2D eigenvalue weighted by molar-refractivity contribution is 6.34. The molecule has 1 N–H and O–H groups in total. The first-order valence-corrected chi connectivity index (χ1v) is 8.96. The molecule has 0 saturated carbocycles. The van der Waals surface area contributed by atoms with Gasteiger partial charge in [0.1, 0.15) is 0 Å². The number of nitrogens with zero attached hydrogens (tertiary/aromatic N) is 1. The van der Waals surface area contributed by atoms with Gasteiger partial charge < -0.3 is 5.32 Å². The zero-order valence-electron chi connectivity index (χ0n) is 15.3. The van der Waals surface area contributed by atoms with Crippen LogP contribution in [0.25, 0.3) is 0 Å². The van der Waals surface area contributed by atoms with Crippen LogP contribution in [0, 0.1) is 6.92 Å². The Kier molecular flexibility index (Phi) is 4.49. The van der Waals surface area contributed by atoms with Crippen LogP contribution in [-0.4, -0.2) is 17.7 Å². The lowest BCUT2D eigenvalue weighted by Crippen LogP contribution is -2.29. The number of aryl methyl sites for hydroxylation is 1. The zero-order chi connectivity index (χ0) is 19.7. The highest BCUT2D eigenvalue weighted by atomic mass is 16.2. The molecule has 0 saturated heterocycles. The lowest BCUT2D eigenvalue weighted by molar-refractivity contribution is 0.0923. The molecule has 0 atom stereocenters. The summed E-state index contributed by atoms with van der Waals surface area (Å²) in [7, 11) is 0. The van der Waals surface area contributed by atoms with Crippen LogP contribution in [0.2, 0.25) is 0 Å². The van der Waals surface area contributed by atoms with E-state index >= 15 is 0 Å². The van der Waals surface area contributed by atoms with Crippen molar-refractivity contribution in [1.29, 1.82) is 0 Å². The Labute approximate surface area is 162 Å². The monoisotopic (exact) mass is 370 g/mol. The Hall–Kier alpha value is -3.73. The van der Waals surface area contributed by atoms with Crippen LogP contribution in [0.3, 0.4) is 0 Å². The maximum Gasteiger partial charge on any atom is 0.266 e. The standard InChI is InChI=1S/C23H18N2O3/c1-15-7-10-18(11-8-15)25-22(27)19-12-9-17(13-20(19)23(25)28)21(26)24-14-16-5-3-2-4-6-16/h2-13H,14H2,1H3,(H,24,26). The number of carbonyl (C=O) groups excluding carboxylic acids is 3. The van der Waals surface area contributed by atoms with Gasteiger partial charge in [-0.3, -0.25) is 14.4 Å². The molecule has 0 spiro atoms. The number of amides is 3. The van der Waals surface area contributed by atoms with Gasteiger partial charge in [-0.2, -0.15) is 0 Å². The van der Waals surface area contributed by atoms with Crippen molar-refractivity contribution in [1.82, 2.24) is 5.32 Å². The Bertz CT molecular complexity index is 1070. The molecule has 3 aromatic rings. The molecule has 0 aromatic heterocycles. The topological polar surface area (TPSA) is 66.5 Å². The first-order valence-electron chi connectivity index (χ1n) is 8.96. The third-order valence-electron chi connectivity index (χ3n) is 4.74. The maximum absolute atomic E-state index is 12.8. The number of nitrogens with one attached hydrogen (secondary N) is 1. The summed E-state index contributed by atoms with van der Waals surface area (Å²) in [4.78, 5) is 39.1. The van der Waals surface area contributed by atoms with Gasteiger partial charge in [0.05, 0.1) is 16.8 Å². The van der Waals surface area contributed by atoms with E-state index in [9.17, 15) is 14.4 Å². The Morgan fingerprint density at radius 3 is 2.25 bits per heavy atom. The molecule has 0 aliphatic carbocycles. The Morgan fingerprint density at radius 1 is 0.857 bits per heavy atom. The number of rotatable bonds is 4. The zero-order valence-corrected chi connectivity index (χ0v) is 15.3. The second-order valence-electron chi connectivity index (χ2n) is 6.71. The number of fused-ring (bicyclic) bond motifs is 1. The molecular formula is C23H18N2O3. The lowest BCUT2D eigenvalue weighted by atomic mass is 10.1. The molecule has 5 heteroatoms. The van der Waals surface area contributed by atoms with E-state index in [2.05, 4.69) is 5.32 Å². The van der Waals surface area contributed by atoms with E-state index < -0.39 is 5.91 Å². The first-order chi connectivity index (χ1) is 13.5. The SMILES string of the molecule is Cc1ccc(N2C(=O)c3ccc(C(=O)NCc4ccccc4)cc3C2=O)cc1.